The van der Waals surface area contributed by atoms with E-state index in [1.165, 1.54) is 6.07 Å². The topological polar surface area (TPSA) is 102 Å². The molecule has 0 saturated heterocycles. The Hall–Kier alpha value is -2.31. The fourth-order valence-corrected chi connectivity index (χ4v) is 2.23. The number of hydrogen-bond donors (Lipinski definition) is 1. The van der Waals surface area contributed by atoms with Gasteiger partial charge < -0.3 is 10.1 Å². The summed E-state index contributed by atoms with van der Waals surface area (Å²) in [7, 11) is 0. The third-order valence-electron chi connectivity index (χ3n) is 3.55. The number of pyridine rings is 1. The van der Waals surface area contributed by atoms with Crippen molar-refractivity contribution >= 4 is 17.6 Å². The van der Waals surface area contributed by atoms with Gasteiger partial charge in [0.15, 0.2) is 6.20 Å². The van der Waals surface area contributed by atoms with E-state index in [1.807, 2.05) is 0 Å². The Balaban J connectivity index is 2.60. The molecule has 0 aliphatic rings. The summed E-state index contributed by atoms with van der Waals surface area (Å²) in [6.07, 6.45) is 6.99. The minimum atomic E-state index is -0.609. The van der Waals surface area contributed by atoms with Crippen LogP contribution in [-0.4, -0.2) is 21.7 Å². The number of imide groups is 1. The summed E-state index contributed by atoms with van der Waals surface area (Å²) < 4.78 is 0. The minimum Gasteiger partial charge on any atom is -0.358 e. The van der Waals surface area contributed by atoms with Gasteiger partial charge in [-0.25, -0.2) is 0 Å². The molecule has 1 aromatic rings. The highest BCUT2D eigenvalue weighted by atomic mass is 16.6. The van der Waals surface area contributed by atoms with E-state index >= 15 is 0 Å². The molecule has 0 spiro atoms. The third kappa shape index (κ3) is 6.14. The van der Waals surface area contributed by atoms with Gasteiger partial charge in [0, 0.05) is 12.5 Å². The number of hydrogen-bond acceptors (Lipinski definition) is 5. The summed E-state index contributed by atoms with van der Waals surface area (Å²) in [6.45, 7) is 3.90. The Morgan fingerprint density at radius 3 is 2.52 bits per heavy atom. The Kier molecular flexibility index (Phi) is 7.87. The van der Waals surface area contributed by atoms with Crippen LogP contribution in [0.1, 0.15) is 68.3 Å². The largest absolute Gasteiger partial charge is 0.363 e. The van der Waals surface area contributed by atoms with Gasteiger partial charge in [0.2, 0.25) is 5.91 Å². The molecule has 0 aliphatic heterocycles. The first-order valence-electron chi connectivity index (χ1n) is 7.97. The highest BCUT2D eigenvalue weighted by Crippen LogP contribution is 2.15. The number of nitro groups is 1. The molecule has 0 saturated carbocycles. The predicted octanol–water partition coefficient (Wildman–Crippen LogP) is 3.17. The fourth-order valence-electron chi connectivity index (χ4n) is 2.23. The zero-order valence-electron chi connectivity index (χ0n) is 13.6. The predicted molar refractivity (Wildman–Crippen MR) is 86.1 cm³/mol. The molecule has 23 heavy (non-hydrogen) atoms. The van der Waals surface area contributed by atoms with Crippen LogP contribution in [0.4, 0.5) is 5.82 Å². The Morgan fingerprint density at radius 2 is 1.91 bits per heavy atom. The van der Waals surface area contributed by atoms with Crippen LogP contribution in [0.15, 0.2) is 12.3 Å². The van der Waals surface area contributed by atoms with Crippen LogP contribution >= 0.6 is 0 Å². The molecule has 1 aromatic heterocycles. The van der Waals surface area contributed by atoms with E-state index < -0.39 is 10.8 Å². The van der Waals surface area contributed by atoms with E-state index in [1.54, 1.807) is 6.92 Å². The summed E-state index contributed by atoms with van der Waals surface area (Å²) in [4.78, 5) is 37.6. The second kappa shape index (κ2) is 9.66. The van der Waals surface area contributed by atoms with Gasteiger partial charge in [-0.3, -0.25) is 14.9 Å². The van der Waals surface area contributed by atoms with Crippen molar-refractivity contribution < 1.29 is 14.5 Å². The van der Waals surface area contributed by atoms with E-state index in [0.717, 1.165) is 38.3 Å². The molecule has 0 aromatic carbocycles. The summed E-state index contributed by atoms with van der Waals surface area (Å²) in [5.74, 6) is -1.18. The average Bonchev–Trinajstić information content (AvgIpc) is 2.53. The normalized spacial score (nSPS) is 10.3. The fraction of sp³-hybridized carbons (Fsp3) is 0.562. The summed E-state index contributed by atoms with van der Waals surface area (Å²) >= 11 is 0. The van der Waals surface area contributed by atoms with Crippen molar-refractivity contribution in [3.63, 3.8) is 0 Å². The first-order chi connectivity index (χ1) is 11.0. The monoisotopic (exact) mass is 321 g/mol. The van der Waals surface area contributed by atoms with Crippen LogP contribution in [0.3, 0.4) is 0 Å². The first kappa shape index (κ1) is 18.7. The second-order valence-electron chi connectivity index (χ2n) is 5.35. The van der Waals surface area contributed by atoms with E-state index in [4.69, 9.17) is 0 Å². The van der Waals surface area contributed by atoms with Crippen LogP contribution < -0.4 is 5.32 Å². The molecule has 0 bridgehead atoms. The highest BCUT2D eigenvalue weighted by Gasteiger charge is 2.19. The lowest BCUT2D eigenvalue weighted by Gasteiger charge is -2.07. The molecule has 0 aliphatic carbocycles. The Bertz CT molecular complexity index is 572. The van der Waals surface area contributed by atoms with Gasteiger partial charge in [-0.15, -0.1) is 0 Å². The summed E-state index contributed by atoms with van der Waals surface area (Å²) in [6, 6.07) is 1.27. The van der Waals surface area contributed by atoms with Gasteiger partial charge in [-0.2, -0.15) is 0 Å². The van der Waals surface area contributed by atoms with Crippen LogP contribution in [-0.2, 0) is 11.2 Å². The molecule has 0 atom stereocenters. The van der Waals surface area contributed by atoms with Crippen molar-refractivity contribution in [2.75, 3.05) is 0 Å². The van der Waals surface area contributed by atoms with Crippen LogP contribution in [0.5, 0.6) is 0 Å². The SMILES string of the molecule is CCCCCCCC(=O)NC(=O)c1cnc([N+](=O)[O-])cc1CC. The molecule has 1 rings (SSSR count). The van der Waals surface area contributed by atoms with Gasteiger partial charge in [0.25, 0.3) is 5.91 Å². The van der Waals surface area contributed by atoms with Gasteiger partial charge >= 0.3 is 5.82 Å². The number of aryl methyl sites for hydroxylation is 1. The zero-order chi connectivity index (χ0) is 17.2. The van der Waals surface area contributed by atoms with E-state index in [0.29, 0.717) is 18.4 Å². The molecular weight excluding hydrogens is 298 g/mol. The molecule has 0 unspecified atom stereocenters. The summed E-state index contributed by atoms with van der Waals surface area (Å²) in [5.41, 5.74) is 0.706. The number of aromatic nitrogens is 1. The average molecular weight is 321 g/mol. The lowest BCUT2D eigenvalue weighted by Crippen LogP contribution is -2.31. The van der Waals surface area contributed by atoms with Gasteiger partial charge in [0.1, 0.15) is 0 Å². The molecule has 1 heterocycles. The number of rotatable bonds is 9. The van der Waals surface area contributed by atoms with Crippen molar-refractivity contribution in [1.82, 2.24) is 10.3 Å². The van der Waals surface area contributed by atoms with E-state index in [2.05, 4.69) is 17.2 Å². The van der Waals surface area contributed by atoms with Crippen LogP contribution in [0.25, 0.3) is 0 Å². The van der Waals surface area contributed by atoms with Crippen molar-refractivity contribution in [2.45, 2.75) is 58.8 Å². The molecule has 7 nitrogen and oxygen atoms in total. The second-order valence-corrected chi connectivity index (χ2v) is 5.35. The van der Waals surface area contributed by atoms with Gasteiger partial charge in [-0.05, 0) is 28.3 Å². The maximum absolute atomic E-state index is 12.1. The quantitative estimate of drug-likeness (QED) is 0.427. The molecule has 126 valence electrons. The van der Waals surface area contributed by atoms with Gasteiger partial charge in [0.05, 0.1) is 5.56 Å². The third-order valence-corrected chi connectivity index (χ3v) is 3.55. The van der Waals surface area contributed by atoms with Crippen molar-refractivity contribution in [1.29, 1.82) is 0 Å². The van der Waals surface area contributed by atoms with E-state index in [-0.39, 0.29) is 17.3 Å². The lowest BCUT2D eigenvalue weighted by atomic mass is 10.1. The van der Waals surface area contributed by atoms with Crippen LogP contribution in [0.2, 0.25) is 0 Å². The Morgan fingerprint density at radius 1 is 1.22 bits per heavy atom. The Labute approximate surface area is 135 Å². The standard InChI is InChI=1S/C16H23N3O4/c1-3-5-6-7-8-9-15(20)18-16(21)13-11-17-14(19(22)23)10-12(13)4-2/h10-11H,3-9H2,1-2H3,(H,18,20,21). The minimum absolute atomic E-state index is 0.206. The maximum atomic E-state index is 12.1. The smallest absolute Gasteiger partial charge is 0.358 e. The number of amides is 2. The number of carbonyl (C=O) groups is 2. The molecule has 7 heteroatoms. The number of nitrogens with one attached hydrogen (secondary N) is 1. The highest BCUT2D eigenvalue weighted by molar-refractivity contribution is 6.05. The first-order valence-corrected chi connectivity index (χ1v) is 7.97. The lowest BCUT2D eigenvalue weighted by molar-refractivity contribution is -0.389. The maximum Gasteiger partial charge on any atom is 0.363 e. The van der Waals surface area contributed by atoms with E-state index in [9.17, 15) is 19.7 Å². The molecule has 1 N–H and O–H groups in total. The molecule has 0 fully saturated rings. The molecule has 2 amide bonds. The number of carbonyl (C=O) groups excluding carboxylic acids is 2. The molecule has 0 radical (unpaired) electrons. The summed E-state index contributed by atoms with van der Waals surface area (Å²) in [5, 5.41) is 13.0. The van der Waals surface area contributed by atoms with Gasteiger partial charge in [-0.1, -0.05) is 39.5 Å². The van der Waals surface area contributed by atoms with Crippen LogP contribution in [0, 0.1) is 10.1 Å². The number of nitrogens with zero attached hydrogens (tertiary/aromatic N) is 2. The zero-order valence-corrected chi connectivity index (χ0v) is 13.6. The molecular formula is C16H23N3O4. The van der Waals surface area contributed by atoms with Crippen molar-refractivity contribution in [3.8, 4) is 0 Å². The van der Waals surface area contributed by atoms with Crippen molar-refractivity contribution in [2.24, 2.45) is 0 Å². The number of unbranched alkanes of at least 4 members (excludes halogenated alkanes) is 4. The van der Waals surface area contributed by atoms with Crippen molar-refractivity contribution in [3.05, 3.63) is 33.5 Å².